The molecular formula is C14H29N3S. The number of piperidine rings is 1. The molecule has 2 rings (SSSR count). The number of nitrogens with zero attached hydrogens (tertiary/aromatic N) is 2. The predicted octanol–water partition coefficient (Wildman–Crippen LogP) is 1.63. The third kappa shape index (κ3) is 3.03. The van der Waals surface area contributed by atoms with Crippen LogP contribution in [0.3, 0.4) is 0 Å². The number of nitrogens with two attached hydrogens (primary N) is 1. The molecule has 0 radical (unpaired) electrons. The van der Waals surface area contributed by atoms with Gasteiger partial charge in [0.2, 0.25) is 0 Å². The molecule has 2 heterocycles. The van der Waals surface area contributed by atoms with E-state index in [1.807, 2.05) is 0 Å². The Labute approximate surface area is 116 Å². The quantitative estimate of drug-likeness (QED) is 0.842. The van der Waals surface area contributed by atoms with Gasteiger partial charge < -0.3 is 10.6 Å². The third-order valence-electron chi connectivity index (χ3n) is 4.68. The van der Waals surface area contributed by atoms with Crippen molar-refractivity contribution in [3.05, 3.63) is 0 Å². The van der Waals surface area contributed by atoms with Crippen LogP contribution < -0.4 is 5.73 Å². The highest BCUT2D eigenvalue weighted by Gasteiger charge is 2.41. The molecule has 0 aromatic heterocycles. The van der Waals surface area contributed by atoms with Crippen LogP contribution in [0, 0.1) is 0 Å². The molecule has 2 aliphatic heterocycles. The highest BCUT2D eigenvalue weighted by molar-refractivity contribution is 7.99. The predicted molar refractivity (Wildman–Crippen MR) is 81.2 cm³/mol. The summed E-state index contributed by atoms with van der Waals surface area (Å²) in [5.74, 6) is 2.56. The maximum absolute atomic E-state index is 6.18. The molecule has 2 saturated heterocycles. The van der Waals surface area contributed by atoms with Crippen LogP contribution >= 0.6 is 11.8 Å². The van der Waals surface area contributed by atoms with Crippen molar-refractivity contribution in [1.82, 2.24) is 9.80 Å². The number of rotatable bonds is 4. The molecule has 0 saturated carbocycles. The van der Waals surface area contributed by atoms with Gasteiger partial charge in [-0.05, 0) is 45.8 Å². The van der Waals surface area contributed by atoms with Gasteiger partial charge in [-0.1, -0.05) is 6.92 Å². The fourth-order valence-corrected chi connectivity index (χ4v) is 4.56. The van der Waals surface area contributed by atoms with Crippen molar-refractivity contribution in [3.63, 3.8) is 0 Å². The summed E-state index contributed by atoms with van der Waals surface area (Å²) in [4.78, 5) is 5.34. The number of hydrogen-bond donors (Lipinski definition) is 1. The van der Waals surface area contributed by atoms with Crippen molar-refractivity contribution in [3.8, 4) is 0 Å². The van der Waals surface area contributed by atoms with Crippen molar-refractivity contribution >= 4 is 11.8 Å². The summed E-state index contributed by atoms with van der Waals surface area (Å²) in [6, 6.07) is 0.699. The molecule has 0 amide bonds. The van der Waals surface area contributed by atoms with Crippen LogP contribution in [0.4, 0.5) is 0 Å². The van der Waals surface area contributed by atoms with Crippen LogP contribution in [0.2, 0.25) is 0 Å². The molecule has 0 bridgehead atoms. The van der Waals surface area contributed by atoms with Crippen LogP contribution in [0.5, 0.6) is 0 Å². The van der Waals surface area contributed by atoms with E-state index in [0.29, 0.717) is 11.6 Å². The lowest BCUT2D eigenvalue weighted by molar-refractivity contribution is 0.00938. The first-order valence-corrected chi connectivity index (χ1v) is 8.64. The highest BCUT2D eigenvalue weighted by Crippen LogP contribution is 2.33. The monoisotopic (exact) mass is 271 g/mol. The summed E-state index contributed by atoms with van der Waals surface area (Å²) >= 11 is 2.10. The summed E-state index contributed by atoms with van der Waals surface area (Å²) in [7, 11) is 0. The van der Waals surface area contributed by atoms with Gasteiger partial charge in [0.05, 0.1) is 0 Å². The van der Waals surface area contributed by atoms with Gasteiger partial charge in [0, 0.05) is 36.2 Å². The summed E-state index contributed by atoms with van der Waals surface area (Å²) < 4.78 is 0. The Bertz CT molecular complexity index is 251. The normalized spacial score (nSPS) is 30.5. The zero-order valence-electron chi connectivity index (χ0n) is 12.0. The van der Waals surface area contributed by atoms with E-state index in [9.17, 15) is 0 Å². The number of thioether (sulfide) groups is 1. The Kier molecular flexibility index (Phi) is 5.36. The third-order valence-corrected chi connectivity index (χ3v) is 5.87. The molecular weight excluding hydrogens is 242 g/mol. The zero-order valence-corrected chi connectivity index (χ0v) is 12.8. The van der Waals surface area contributed by atoms with Crippen LogP contribution in [0.25, 0.3) is 0 Å². The second-order valence-electron chi connectivity index (χ2n) is 5.89. The average Bonchev–Trinajstić information content (AvgIpc) is 2.41. The molecule has 0 aliphatic carbocycles. The lowest BCUT2D eigenvalue weighted by atomic mass is 9.84. The van der Waals surface area contributed by atoms with E-state index in [1.54, 1.807) is 0 Å². The first-order valence-electron chi connectivity index (χ1n) is 7.49. The molecule has 0 aromatic rings. The summed E-state index contributed by atoms with van der Waals surface area (Å²) in [5.41, 5.74) is 6.48. The van der Waals surface area contributed by atoms with E-state index in [2.05, 4.69) is 35.4 Å². The molecule has 2 N–H and O–H groups in total. The Morgan fingerprint density at radius 1 is 1.28 bits per heavy atom. The van der Waals surface area contributed by atoms with Gasteiger partial charge in [-0.2, -0.15) is 11.8 Å². The number of likely N-dealkylation sites (tertiary alicyclic amines) is 1. The van der Waals surface area contributed by atoms with E-state index in [1.165, 1.54) is 56.9 Å². The summed E-state index contributed by atoms with van der Waals surface area (Å²) in [6.07, 6.45) is 3.80. The van der Waals surface area contributed by atoms with Crippen molar-refractivity contribution < 1.29 is 0 Å². The van der Waals surface area contributed by atoms with Gasteiger partial charge in [-0.15, -0.1) is 0 Å². The maximum Gasteiger partial charge on any atom is 0.0359 e. The van der Waals surface area contributed by atoms with E-state index in [-0.39, 0.29) is 0 Å². The fraction of sp³-hybridized carbons (Fsp3) is 1.00. The van der Waals surface area contributed by atoms with Crippen molar-refractivity contribution in [2.24, 2.45) is 5.73 Å². The Morgan fingerprint density at radius 3 is 2.56 bits per heavy atom. The van der Waals surface area contributed by atoms with Gasteiger partial charge in [-0.25, -0.2) is 0 Å². The zero-order chi connectivity index (χ0) is 13.0. The van der Waals surface area contributed by atoms with Gasteiger partial charge in [0.1, 0.15) is 0 Å². The first kappa shape index (κ1) is 14.6. The molecule has 1 unspecified atom stereocenters. The topological polar surface area (TPSA) is 32.5 Å². The van der Waals surface area contributed by atoms with Gasteiger partial charge in [0.25, 0.3) is 0 Å². The average molecular weight is 271 g/mol. The standard InChI is InChI=1S/C14H29N3S/c1-3-6-16-7-4-14(12-15,5-8-16)17-9-10-18-11-13(17)2/h13H,3-12,15H2,1-2H3. The Morgan fingerprint density at radius 2 is 2.00 bits per heavy atom. The Balaban J connectivity index is 1.98. The summed E-state index contributed by atoms with van der Waals surface area (Å²) in [5, 5.41) is 0. The smallest absolute Gasteiger partial charge is 0.0359 e. The second kappa shape index (κ2) is 6.60. The van der Waals surface area contributed by atoms with Crippen LogP contribution in [0.15, 0.2) is 0 Å². The van der Waals surface area contributed by atoms with Crippen LogP contribution in [-0.2, 0) is 0 Å². The molecule has 0 aromatic carbocycles. The molecule has 2 fully saturated rings. The highest BCUT2D eigenvalue weighted by atomic mass is 32.2. The van der Waals surface area contributed by atoms with E-state index < -0.39 is 0 Å². The SMILES string of the molecule is CCCN1CCC(CN)(N2CCSCC2C)CC1. The lowest BCUT2D eigenvalue weighted by Crippen LogP contribution is -2.63. The van der Waals surface area contributed by atoms with Crippen LogP contribution in [-0.4, -0.2) is 65.6 Å². The molecule has 106 valence electrons. The molecule has 4 heteroatoms. The maximum atomic E-state index is 6.18. The van der Waals surface area contributed by atoms with Crippen molar-refractivity contribution in [2.75, 3.05) is 44.2 Å². The molecule has 0 spiro atoms. The minimum Gasteiger partial charge on any atom is -0.329 e. The van der Waals surface area contributed by atoms with Crippen molar-refractivity contribution in [1.29, 1.82) is 0 Å². The van der Waals surface area contributed by atoms with Gasteiger partial charge in [-0.3, -0.25) is 4.90 Å². The molecule has 1 atom stereocenters. The molecule has 3 nitrogen and oxygen atoms in total. The molecule has 2 aliphatic rings. The van der Waals surface area contributed by atoms with E-state index >= 15 is 0 Å². The first-order chi connectivity index (χ1) is 8.72. The number of hydrogen-bond acceptors (Lipinski definition) is 4. The second-order valence-corrected chi connectivity index (χ2v) is 7.04. The Hall–Kier alpha value is 0.230. The minimum atomic E-state index is 0.296. The van der Waals surface area contributed by atoms with Crippen LogP contribution in [0.1, 0.15) is 33.1 Å². The van der Waals surface area contributed by atoms with Gasteiger partial charge >= 0.3 is 0 Å². The minimum absolute atomic E-state index is 0.296. The largest absolute Gasteiger partial charge is 0.329 e. The fourth-order valence-electron chi connectivity index (χ4n) is 3.55. The van der Waals surface area contributed by atoms with Gasteiger partial charge in [0.15, 0.2) is 0 Å². The van der Waals surface area contributed by atoms with E-state index in [0.717, 1.165) is 6.54 Å². The summed E-state index contributed by atoms with van der Waals surface area (Å²) in [6.45, 7) is 10.4. The molecule has 18 heavy (non-hydrogen) atoms. The lowest BCUT2D eigenvalue weighted by Gasteiger charge is -2.52. The van der Waals surface area contributed by atoms with E-state index in [4.69, 9.17) is 5.73 Å². The van der Waals surface area contributed by atoms with Crippen molar-refractivity contribution in [2.45, 2.75) is 44.7 Å².